The molecule has 222 valence electrons. The fourth-order valence-electron chi connectivity index (χ4n) is 6.59. The summed E-state index contributed by atoms with van der Waals surface area (Å²) < 4.78 is 8.30. The maximum atomic E-state index is 10.6. The second-order valence-corrected chi connectivity index (χ2v) is 11.4. The third-order valence-electron chi connectivity index (χ3n) is 8.71. The van der Waals surface area contributed by atoms with E-state index in [1.165, 1.54) is 0 Å². The Kier molecular flexibility index (Phi) is 6.11. The van der Waals surface area contributed by atoms with Gasteiger partial charge in [-0.1, -0.05) is 97.1 Å². The van der Waals surface area contributed by atoms with Gasteiger partial charge in [0.2, 0.25) is 0 Å². The predicted octanol–water partition coefficient (Wildman–Crippen LogP) is 10.3. The van der Waals surface area contributed by atoms with Crippen molar-refractivity contribution in [3.63, 3.8) is 0 Å². The lowest BCUT2D eigenvalue weighted by Gasteiger charge is -2.14. The molecule has 0 radical (unpaired) electrons. The van der Waals surface area contributed by atoms with Crippen molar-refractivity contribution in [3.05, 3.63) is 150 Å². The number of rotatable bonds is 4. The van der Waals surface area contributed by atoms with Crippen LogP contribution in [0.2, 0.25) is 0 Å². The lowest BCUT2D eigenvalue weighted by atomic mass is 10.0. The van der Waals surface area contributed by atoms with E-state index in [4.69, 9.17) is 25.9 Å². The molecule has 0 aliphatic rings. The molecule has 9 aromatic rings. The number of benzene rings is 6. The van der Waals surface area contributed by atoms with Crippen molar-refractivity contribution in [2.45, 2.75) is 0 Å². The molecule has 0 atom stereocenters. The molecular formula is C41H22N6O. The van der Waals surface area contributed by atoms with Crippen LogP contribution in [0.1, 0.15) is 5.56 Å². The van der Waals surface area contributed by atoms with Crippen LogP contribution in [0.3, 0.4) is 0 Å². The first-order valence-corrected chi connectivity index (χ1v) is 15.4. The molecule has 0 spiro atoms. The minimum Gasteiger partial charge on any atom is -0.456 e. The minimum atomic E-state index is 0.325. The number of nitrogens with zero attached hydrogens (tertiary/aromatic N) is 6. The third kappa shape index (κ3) is 4.16. The van der Waals surface area contributed by atoms with E-state index in [1.807, 2.05) is 109 Å². The molecule has 0 unspecified atom stereocenters. The molecule has 7 nitrogen and oxygen atoms in total. The Morgan fingerprint density at radius 1 is 0.604 bits per heavy atom. The van der Waals surface area contributed by atoms with Crippen molar-refractivity contribution in [1.82, 2.24) is 19.5 Å². The van der Waals surface area contributed by atoms with Gasteiger partial charge in [-0.2, -0.15) is 5.26 Å². The summed E-state index contributed by atoms with van der Waals surface area (Å²) in [6.45, 7) is 8.27. The van der Waals surface area contributed by atoms with Gasteiger partial charge in [0.05, 0.1) is 28.9 Å². The number of para-hydroxylation sites is 2. The lowest BCUT2D eigenvalue weighted by molar-refractivity contribution is 0.669. The van der Waals surface area contributed by atoms with Gasteiger partial charge in [-0.05, 0) is 36.4 Å². The van der Waals surface area contributed by atoms with Crippen molar-refractivity contribution < 1.29 is 4.42 Å². The Labute approximate surface area is 274 Å². The van der Waals surface area contributed by atoms with E-state index < -0.39 is 0 Å². The number of furan rings is 1. The van der Waals surface area contributed by atoms with Crippen LogP contribution in [0.4, 0.5) is 5.69 Å². The first kappa shape index (κ1) is 27.2. The van der Waals surface area contributed by atoms with Crippen molar-refractivity contribution in [3.8, 4) is 45.9 Å². The smallest absolute Gasteiger partial charge is 0.200 e. The molecule has 0 saturated heterocycles. The second-order valence-electron chi connectivity index (χ2n) is 11.4. The van der Waals surface area contributed by atoms with Gasteiger partial charge < -0.3 is 8.98 Å². The summed E-state index contributed by atoms with van der Waals surface area (Å²) in [7, 11) is 0. The fourth-order valence-corrected chi connectivity index (χ4v) is 6.59. The van der Waals surface area contributed by atoms with E-state index in [2.05, 4.69) is 27.6 Å². The monoisotopic (exact) mass is 614 g/mol. The van der Waals surface area contributed by atoms with Gasteiger partial charge >= 0.3 is 0 Å². The topological polar surface area (TPSA) is 84.9 Å². The molecular weight excluding hydrogens is 592 g/mol. The Morgan fingerprint density at radius 3 is 1.92 bits per heavy atom. The highest BCUT2D eigenvalue weighted by Crippen LogP contribution is 2.43. The number of hydrogen-bond acceptors (Lipinski definition) is 5. The Hall–Kier alpha value is -7.09. The van der Waals surface area contributed by atoms with Crippen molar-refractivity contribution in [2.24, 2.45) is 0 Å². The number of nitriles is 1. The zero-order valence-corrected chi connectivity index (χ0v) is 25.3. The number of hydrogen-bond donors (Lipinski definition) is 0. The molecule has 0 aliphatic carbocycles. The van der Waals surface area contributed by atoms with Gasteiger partial charge in [-0.25, -0.2) is 19.8 Å². The van der Waals surface area contributed by atoms with Crippen molar-refractivity contribution in [1.29, 1.82) is 5.26 Å². The van der Waals surface area contributed by atoms with Crippen LogP contribution >= 0.6 is 0 Å². The average molecular weight is 615 g/mol. The van der Waals surface area contributed by atoms with Crippen LogP contribution in [0.5, 0.6) is 0 Å². The molecule has 0 amide bonds. The zero-order chi connectivity index (χ0) is 32.2. The van der Waals surface area contributed by atoms with Crippen LogP contribution in [-0.4, -0.2) is 19.5 Å². The summed E-state index contributed by atoms with van der Waals surface area (Å²) in [5, 5.41) is 14.7. The number of fused-ring (bicyclic) bond motifs is 7. The molecule has 0 fully saturated rings. The SMILES string of the molecule is [C-]#[N+]c1cc(-n2c3ccccc3c3c4c(ccc32)oc2ccccc24)c(C#N)cc1-c1nc(-c2ccccc2)nc(-c2ccccc2)n1. The molecule has 6 aromatic carbocycles. The second kappa shape index (κ2) is 10.8. The van der Waals surface area contributed by atoms with Gasteiger partial charge in [-0.15, -0.1) is 0 Å². The van der Waals surface area contributed by atoms with Gasteiger partial charge in [0.1, 0.15) is 17.2 Å². The molecule has 48 heavy (non-hydrogen) atoms. The largest absolute Gasteiger partial charge is 0.456 e. The fraction of sp³-hybridized carbons (Fsp3) is 0. The lowest BCUT2D eigenvalue weighted by Crippen LogP contribution is -2.02. The molecule has 0 saturated carbocycles. The van der Waals surface area contributed by atoms with Crippen LogP contribution in [0, 0.1) is 17.9 Å². The van der Waals surface area contributed by atoms with Gasteiger partial charge in [-0.3, -0.25) is 0 Å². The van der Waals surface area contributed by atoms with Gasteiger partial charge in [0.25, 0.3) is 0 Å². The van der Waals surface area contributed by atoms with E-state index in [-0.39, 0.29) is 0 Å². The number of aromatic nitrogens is 4. The normalized spacial score (nSPS) is 11.3. The summed E-state index contributed by atoms with van der Waals surface area (Å²) in [5.74, 6) is 1.29. The van der Waals surface area contributed by atoms with Crippen molar-refractivity contribution >= 4 is 49.4 Å². The molecule has 0 N–H and O–H groups in total. The summed E-state index contributed by atoms with van der Waals surface area (Å²) in [4.78, 5) is 18.4. The molecule has 0 aliphatic heterocycles. The quantitative estimate of drug-likeness (QED) is 0.184. The van der Waals surface area contributed by atoms with E-state index >= 15 is 0 Å². The highest BCUT2D eigenvalue weighted by Gasteiger charge is 2.23. The average Bonchev–Trinajstić information content (AvgIpc) is 3.70. The summed E-state index contributed by atoms with van der Waals surface area (Å²) in [6, 6.07) is 45.4. The first-order valence-electron chi connectivity index (χ1n) is 15.4. The zero-order valence-electron chi connectivity index (χ0n) is 25.3. The Morgan fingerprint density at radius 2 is 1.23 bits per heavy atom. The van der Waals surface area contributed by atoms with E-state index in [1.54, 1.807) is 12.1 Å². The summed E-state index contributed by atoms with van der Waals surface area (Å²) in [5.41, 5.74) is 6.87. The first-order chi connectivity index (χ1) is 23.7. The van der Waals surface area contributed by atoms with Crippen LogP contribution < -0.4 is 0 Å². The third-order valence-corrected chi connectivity index (χ3v) is 8.71. The molecule has 3 aromatic heterocycles. The molecule has 0 bridgehead atoms. The molecule has 3 heterocycles. The van der Waals surface area contributed by atoms with E-state index in [0.29, 0.717) is 40.0 Å². The molecule has 7 heteroatoms. The predicted molar refractivity (Wildman–Crippen MR) is 189 cm³/mol. The van der Waals surface area contributed by atoms with Crippen LogP contribution in [0.15, 0.2) is 138 Å². The van der Waals surface area contributed by atoms with Crippen LogP contribution in [0.25, 0.3) is 88.4 Å². The summed E-state index contributed by atoms with van der Waals surface area (Å²) in [6.07, 6.45) is 0. The summed E-state index contributed by atoms with van der Waals surface area (Å²) >= 11 is 0. The van der Waals surface area contributed by atoms with E-state index in [9.17, 15) is 5.26 Å². The van der Waals surface area contributed by atoms with Crippen molar-refractivity contribution in [2.75, 3.05) is 0 Å². The van der Waals surface area contributed by atoms with E-state index in [0.717, 1.165) is 54.9 Å². The maximum Gasteiger partial charge on any atom is 0.200 e. The highest BCUT2D eigenvalue weighted by molar-refractivity contribution is 6.27. The van der Waals surface area contributed by atoms with Gasteiger partial charge in [0, 0.05) is 38.2 Å². The minimum absolute atomic E-state index is 0.325. The maximum absolute atomic E-state index is 10.6. The van der Waals surface area contributed by atoms with Crippen LogP contribution in [-0.2, 0) is 0 Å². The Bertz CT molecular complexity index is 2740. The molecule has 9 rings (SSSR count). The Balaban J connectivity index is 1.32. The van der Waals surface area contributed by atoms with Gasteiger partial charge in [0.15, 0.2) is 23.2 Å². The highest BCUT2D eigenvalue weighted by atomic mass is 16.3. The standard InChI is InChI=1S/C41H22N6O/c1-43-31-23-34(47-32-18-10-8-16-28(32)37-33(47)20-21-36-38(37)29-17-9-11-19-35(29)48-36)27(24-42)22-30(31)41-45-39(25-12-4-2-5-13-25)44-40(46-41)26-14-6-3-7-15-26/h2-23H.